The molecule has 5 amide bonds. The molecule has 5 heterocycles. The molecule has 0 bridgehead atoms. The van der Waals surface area contributed by atoms with Crippen molar-refractivity contribution in [3.8, 4) is 5.75 Å². The summed E-state index contributed by atoms with van der Waals surface area (Å²) in [6, 6.07) is 28.0. The Morgan fingerprint density at radius 3 is 2.11 bits per heavy atom. The van der Waals surface area contributed by atoms with Crippen molar-refractivity contribution in [3.05, 3.63) is 129 Å². The molecule has 2 N–H and O–H groups in total. The van der Waals surface area contributed by atoms with Gasteiger partial charge in [-0.1, -0.05) is 48.5 Å². The van der Waals surface area contributed by atoms with Crippen LogP contribution in [0.25, 0.3) is 0 Å². The van der Waals surface area contributed by atoms with Gasteiger partial charge in [0.15, 0.2) is 0 Å². The lowest BCUT2D eigenvalue weighted by atomic mass is 9.69. The first kappa shape index (κ1) is 33.7. The van der Waals surface area contributed by atoms with Crippen molar-refractivity contribution >= 4 is 35.2 Å². The number of carbonyl (C=O) groups is 5. The Labute approximate surface area is 318 Å². The van der Waals surface area contributed by atoms with E-state index in [9.17, 15) is 29.1 Å². The van der Waals surface area contributed by atoms with Gasteiger partial charge in [0.1, 0.15) is 11.8 Å². The molecule has 278 valence electrons. The van der Waals surface area contributed by atoms with Crippen molar-refractivity contribution in [2.75, 3.05) is 37.6 Å². The standard InChI is InChI=1S/C44H41N5O6/c50-32-11-13-34-28(16-32)8-12-33(26-4-2-1-3-5-26)40(34)27-6-9-31(10-7-27)47-22-44(23-47)24-48(25-44)39(52)21-46-19-29-17-35-36(18-30(29)20-46)43(55)49(42(35)54)37-14-15-38(51)45-41(37)53/h1-7,9-11,13,16-18,33,37,40,50H,8,12,14-15,19-25H2,(H,45,51,53)/t33-,37-,40+/m1/s1. The summed E-state index contributed by atoms with van der Waals surface area (Å²) >= 11 is 0. The smallest absolute Gasteiger partial charge is 0.262 e. The van der Waals surface area contributed by atoms with Gasteiger partial charge < -0.3 is 14.9 Å². The molecule has 4 aromatic carbocycles. The number of piperidine rings is 1. The van der Waals surface area contributed by atoms with E-state index in [1.807, 2.05) is 21.9 Å². The Hall–Kier alpha value is -5.81. The third-order valence-electron chi connectivity index (χ3n) is 12.8. The minimum Gasteiger partial charge on any atom is -0.508 e. The van der Waals surface area contributed by atoms with E-state index in [1.54, 1.807) is 12.1 Å². The number of aromatic hydroxyl groups is 1. The minimum absolute atomic E-state index is 0.0779. The minimum atomic E-state index is -0.993. The molecule has 0 saturated carbocycles. The van der Waals surface area contributed by atoms with Gasteiger partial charge in [0, 0.05) is 62.7 Å². The molecule has 1 aliphatic carbocycles. The third kappa shape index (κ3) is 5.63. The zero-order valence-corrected chi connectivity index (χ0v) is 30.4. The molecule has 3 saturated heterocycles. The van der Waals surface area contributed by atoms with Crippen LogP contribution < -0.4 is 10.2 Å². The van der Waals surface area contributed by atoms with Crippen LogP contribution in [0.5, 0.6) is 5.75 Å². The summed E-state index contributed by atoms with van der Waals surface area (Å²) in [5.74, 6) is -1.09. The van der Waals surface area contributed by atoms with Gasteiger partial charge in [-0.15, -0.1) is 0 Å². The molecule has 1 spiro atoms. The number of imide groups is 2. The van der Waals surface area contributed by atoms with E-state index >= 15 is 0 Å². The number of hydrogen-bond donors (Lipinski definition) is 2. The summed E-state index contributed by atoms with van der Waals surface area (Å²) in [5.41, 5.74) is 8.79. The van der Waals surface area contributed by atoms with Crippen LogP contribution in [0.2, 0.25) is 0 Å². The van der Waals surface area contributed by atoms with E-state index in [-0.39, 0.29) is 47.8 Å². The highest BCUT2D eigenvalue weighted by Gasteiger charge is 2.53. The number of fused-ring (bicyclic) bond motifs is 3. The first-order chi connectivity index (χ1) is 26.6. The lowest BCUT2D eigenvalue weighted by Crippen LogP contribution is -2.73. The Morgan fingerprint density at radius 1 is 0.745 bits per heavy atom. The molecule has 11 heteroatoms. The fraction of sp³-hybridized carbons (Fsp3) is 0.341. The van der Waals surface area contributed by atoms with Gasteiger partial charge in [0.05, 0.1) is 17.7 Å². The van der Waals surface area contributed by atoms with Gasteiger partial charge >= 0.3 is 0 Å². The van der Waals surface area contributed by atoms with Crippen molar-refractivity contribution in [1.29, 1.82) is 0 Å². The Kier molecular flexibility index (Phi) is 7.74. The molecule has 3 atom stereocenters. The predicted molar refractivity (Wildman–Crippen MR) is 202 cm³/mol. The molecule has 4 aromatic rings. The SMILES string of the molecule is O=C1CC[C@@H](N2C(=O)c3cc4c(cc3C2=O)CN(CC(=O)N2CC3(C2)CN(c2ccc([C@@H]5c6ccc(O)cc6CC[C@@H]5c5ccccc5)cc2)C3)C4)C(=O)N1. The fourth-order valence-electron chi connectivity index (χ4n) is 10.1. The maximum Gasteiger partial charge on any atom is 0.262 e. The van der Waals surface area contributed by atoms with Crippen LogP contribution >= 0.6 is 0 Å². The van der Waals surface area contributed by atoms with E-state index in [4.69, 9.17) is 0 Å². The number of hydrogen-bond acceptors (Lipinski definition) is 8. The Morgan fingerprint density at radius 2 is 1.44 bits per heavy atom. The van der Waals surface area contributed by atoms with E-state index < -0.39 is 29.7 Å². The maximum absolute atomic E-state index is 13.4. The highest BCUT2D eigenvalue weighted by Crippen LogP contribution is 2.48. The van der Waals surface area contributed by atoms with E-state index in [0.717, 1.165) is 55.0 Å². The van der Waals surface area contributed by atoms with Crippen LogP contribution in [-0.4, -0.2) is 88.1 Å². The molecule has 11 nitrogen and oxygen atoms in total. The van der Waals surface area contributed by atoms with Crippen LogP contribution in [0.3, 0.4) is 0 Å². The zero-order valence-electron chi connectivity index (χ0n) is 30.4. The van der Waals surface area contributed by atoms with Crippen molar-refractivity contribution < 1.29 is 29.1 Å². The Bertz CT molecular complexity index is 2250. The number of aryl methyl sites for hydroxylation is 1. The first-order valence-corrected chi connectivity index (χ1v) is 19.2. The number of anilines is 1. The summed E-state index contributed by atoms with van der Waals surface area (Å²) in [5, 5.41) is 12.4. The van der Waals surface area contributed by atoms with Crippen LogP contribution in [0.15, 0.2) is 84.9 Å². The monoisotopic (exact) mass is 735 g/mol. The second-order valence-corrected chi connectivity index (χ2v) is 16.4. The lowest BCUT2D eigenvalue weighted by molar-refractivity contribution is -0.146. The molecular weight excluding hydrogens is 695 g/mol. The highest BCUT2D eigenvalue weighted by molar-refractivity contribution is 6.23. The second kappa shape index (κ2) is 12.6. The quantitative estimate of drug-likeness (QED) is 0.280. The lowest BCUT2D eigenvalue weighted by Gasteiger charge is -2.61. The van der Waals surface area contributed by atoms with Gasteiger partial charge in [-0.25, -0.2) is 0 Å². The molecule has 55 heavy (non-hydrogen) atoms. The summed E-state index contributed by atoms with van der Waals surface area (Å²) in [7, 11) is 0. The van der Waals surface area contributed by atoms with E-state index in [2.05, 4.69) is 70.9 Å². The van der Waals surface area contributed by atoms with Crippen molar-refractivity contribution in [1.82, 2.24) is 20.0 Å². The van der Waals surface area contributed by atoms with Crippen LogP contribution in [-0.2, 0) is 33.9 Å². The molecule has 3 fully saturated rings. The van der Waals surface area contributed by atoms with Crippen molar-refractivity contribution in [3.63, 3.8) is 0 Å². The molecule has 0 unspecified atom stereocenters. The normalized spacial score (nSPS) is 23.9. The third-order valence-corrected chi connectivity index (χ3v) is 12.8. The number of phenolic OH excluding ortho intramolecular Hbond substituents is 1. The number of phenols is 1. The molecule has 10 rings (SSSR count). The Balaban J connectivity index is 0.747. The summed E-state index contributed by atoms with van der Waals surface area (Å²) in [6.45, 7) is 4.55. The van der Waals surface area contributed by atoms with Gasteiger partial charge in [-0.2, -0.15) is 0 Å². The topological polar surface area (TPSA) is 131 Å². The number of nitrogens with zero attached hydrogens (tertiary/aromatic N) is 4. The predicted octanol–water partition coefficient (Wildman–Crippen LogP) is 4.32. The second-order valence-electron chi connectivity index (χ2n) is 16.4. The molecule has 5 aliphatic heterocycles. The maximum atomic E-state index is 13.4. The van der Waals surface area contributed by atoms with Gasteiger partial charge in [-0.05, 0) is 95.0 Å². The number of nitrogens with one attached hydrogen (secondary N) is 1. The first-order valence-electron chi connectivity index (χ1n) is 19.2. The molecule has 6 aliphatic rings. The zero-order chi connectivity index (χ0) is 37.6. The van der Waals surface area contributed by atoms with E-state index in [1.165, 1.54) is 27.9 Å². The van der Waals surface area contributed by atoms with Crippen molar-refractivity contribution in [2.24, 2.45) is 5.41 Å². The number of rotatable bonds is 6. The van der Waals surface area contributed by atoms with Crippen molar-refractivity contribution in [2.45, 2.75) is 56.7 Å². The van der Waals surface area contributed by atoms with Crippen LogP contribution in [0.1, 0.15) is 85.2 Å². The molecular formula is C44H41N5O6. The largest absolute Gasteiger partial charge is 0.508 e. The number of carbonyl (C=O) groups excluding carboxylic acids is 5. The van der Waals surface area contributed by atoms with Gasteiger partial charge in [-0.3, -0.25) is 39.1 Å². The molecule has 0 radical (unpaired) electrons. The summed E-state index contributed by atoms with van der Waals surface area (Å²) in [6.07, 6.45) is 2.17. The summed E-state index contributed by atoms with van der Waals surface area (Å²) < 4.78 is 0. The fourth-order valence-corrected chi connectivity index (χ4v) is 10.1. The van der Waals surface area contributed by atoms with Gasteiger partial charge in [0.25, 0.3) is 11.8 Å². The van der Waals surface area contributed by atoms with Crippen LogP contribution in [0.4, 0.5) is 5.69 Å². The highest BCUT2D eigenvalue weighted by atomic mass is 16.3. The number of amides is 5. The number of likely N-dealkylation sites (tertiary alicyclic amines) is 1. The molecule has 0 aromatic heterocycles. The number of benzene rings is 4. The van der Waals surface area contributed by atoms with E-state index in [0.29, 0.717) is 24.8 Å². The summed E-state index contributed by atoms with van der Waals surface area (Å²) in [4.78, 5) is 71.4. The van der Waals surface area contributed by atoms with Gasteiger partial charge in [0.2, 0.25) is 17.7 Å². The average molecular weight is 736 g/mol. The average Bonchev–Trinajstić information content (AvgIpc) is 3.65. The van der Waals surface area contributed by atoms with Crippen LogP contribution in [0, 0.1) is 5.41 Å².